The van der Waals surface area contributed by atoms with E-state index in [0.29, 0.717) is 28.3 Å². The van der Waals surface area contributed by atoms with Gasteiger partial charge in [0.2, 0.25) is 5.78 Å². The molecule has 0 unspecified atom stereocenters. The van der Waals surface area contributed by atoms with Crippen molar-refractivity contribution in [3.63, 3.8) is 0 Å². The van der Waals surface area contributed by atoms with Crippen LogP contribution < -0.4 is 15.2 Å². The summed E-state index contributed by atoms with van der Waals surface area (Å²) in [4.78, 5) is 37.1. The molecule has 9 nitrogen and oxygen atoms in total. The van der Waals surface area contributed by atoms with Gasteiger partial charge in [0.05, 0.1) is 11.1 Å². The van der Waals surface area contributed by atoms with Gasteiger partial charge in [-0.2, -0.15) is 0 Å². The molecule has 9 heteroatoms. The lowest BCUT2D eigenvalue weighted by Crippen LogP contribution is -2.27. The minimum Gasteiger partial charge on any atom is -0.486 e. The number of carboxylic acid groups (broad SMARTS) is 1. The summed E-state index contributed by atoms with van der Waals surface area (Å²) >= 11 is 0. The van der Waals surface area contributed by atoms with Crippen LogP contribution in [0.2, 0.25) is 0 Å². The van der Waals surface area contributed by atoms with E-state index in [9.17, 15) is 19.5 Å². The third-order valence-electron chi connectivity index (χ3n) is 5.85. The Bertz CT molecular complexity index is 1560. The summed E-state index contributed by atoms with van der Waals surface area (Å²) < 4.78 is 18.8. The van der Waals surface area contributed by atoms with Gasteiger partial charge in [-0.15, -0.1) is 0 Å². The Hall–Kier alpha value is -4.79. The zero-order valence-corrected chi connectivity index (χ0v) is 22.2. The molecule has 39 heavy (non-hydrogen) atoms. The zero-order chi connectivity index (χ0) is 28.3. The highest BCUT2D eigenvalue weighted by Crippen LogP contribution is 2.33. The fourth-order valence-electron chi connectivity index (χ4n) is 4.18. The molecular formula is C30H30N2O7. The van der Waals surface area contributed by atoms with Crippen molar-refractivity contribution in [1.82, 2.24) is 4.40 Å². The number of nitrogen functional groups attached to an aromatic ring is 1. The summed E-state index contributed by atoms with van der Waals surface area (Å²) in [5.74, 6) is -1.01. The monoisotopic (exact) mass is 530 g/mol. The van der Waals surface area contributed by atoms with E-state index in [0.717, 1.165) is 5.56 Å². The molecule has 0 spiro atoms. The van der Waals surface area contributed by atoms with Gasteiger partial charge in [-0.1, -0.05) is 18.2 Å². The number of hydrogen-bond donors (Lipinski definition) is 2. The molecule has 0 atom stereocenters. The van der Waals surface area contributed by atoms with Gasteiger partial charge in [-0.25, -0.2) is 9.59 Å². The minimum absolute atomic E-state index is 0.0807. The van der Waals surface area contributed by atoms with Gasteiger partial charge in [0.25, 0.3) is 0 Å². The lowest BCUT2D eigenvalue weighted by molar-refractivity contribution is -0.157. The number of fused-ring (bicyclic) bond motifs is 1. The van der Waals surface area contributed by atoms with E-state index in [-0.39, 0.29) is 35.8 Å². The van der Waals surface area contributed by atoms with Gasteiger partial charge in [-0.05, 0) is 75.7 Å². The number of ether oxygens (including phenoxy) is 3. The molecular weight excluding hydrogens is 500 g/mol. The Morgan fingerprint density at radius 2 is 1.74 bits per heavy atom. The van der Waals surface area contributed by atoms with Crippen LogP contribution in [0.3, 0.4) is 0 Å². The highest BCUT2D eigenvalue weighted by molar-refractivity contribution is 6.11. The summed E-state index contributed by atoms with van der Waals surface area (Å²) in [5.41, 5.74) is 7.77. The maximum Gasteiger partial charge on any atom is 0.344 e. The van der Waals surface area contributed by atoms with Crippen LogP contribution in [-0.2, 0) is 16.1 Å². The maximum absolute atomic E-state index is 13.5. The molecule has 0 radical (unpaired) electrons. The van der Waals surface area contributed by atoms with Crippen LogP contribution >= 0.6 is 0 Å². The number of aromatic nitrogens is 1. The number of hydrogen-bond acceptors (Lipinski definition) is 7. The fourth-order valence-corrected chi connectivity index (χ4v) is 4.18. The van der Waals surface area contributed by atoms with Gasteiger partial charge in [-0.3, -0.25) is 4.79 Å². The molecule has 0 aliphatic rings. The number of anilines is 1. The van der Waals surface area contributed by atoms with Gasteiger partial charge < -0.3 is 29.5 Å². The number of ketones is 1. The van der Waals surface area contributed by atoms with Crippen molar-refractivity contribution in [2.75, 3.05) is 12.3 Å². The topological polar surface area (TPSA) is 130 Å². The van der Waals surface area contributed by atoms with E-state index in [1.165, 1.54) is 18.2 Å². The van der Waals surface area contributed by atoms with Crippen LogP contribution in [0, 0.1) is 6.92 Å². The number of nitrogens with zero attached hydrogens (tertiary/aromatic N) is 1. The minimum atomic E-state index is -1.21. The highest BCUT2D eigenvalue weighted by Gasteiger charge is 2.24. The smallest absolute Gasteiger partial charge is 0.344 e. The largest absolute Gasteiger partial charge is 0.486 e. The second kappa shape index (κ2) is 10.9. The molecule has 2 heterocycles. The van der Waals surface area contributed by atoms with Crippen molar-refractivity contribution < 1.29 is 33.7 Å². The first kappa shape index (κ1) is 27.3. The Morgan fingerprint density at radius 1 is 0.974 bits per heavy atom. The number of aromatic carboxylic acids is 1. The Labute approximate surface area is 225 Å². The second-order valence-corrected chi connectivity index (χ2v) is 10.0. The molecule has 0 saturated heterocycles. The van der Waals surface area contributed by atoms with Crippen LogP contribution in [0.25, 0.3) is 5.52 Å². The second-order valence-electron chi connectivity index (χ2n) is 10.0. The number of carbonyl (C=O) groups excluding carboxylic acids is 2. The van der Waals surface area contributed by atoms with E-state index in [4.69, 9.17) is 19.9 Å². The highest BCUT2D eigenvalue weighted by atomic mass is 16.6. The van der Waals surface area contributed by atoms with Crippen LogP contribution in [0.15, 0.2) is 66.9 Å². The molecule has 0 aliphatic heterocycles. The molecule has 0 amide bonds. The van der Waals surface area contributed by atoms with Gasteiger partial charge >= 0.3 is 11.9 Å². The fraction of sp³-hybridized carbons (Fsp3) is 0.233. The van der Waals surface area contributed by atoms with Gasteiger partial charge in [0.1, 0.15) is 29.4 Å². The molecule has 202 valence electrons. The predicted octanol–water partition coefficient (Wildman–Crippen LogP) is 5.06. The average Bonchev–Trinajstić information content (AvgIpc) is 3.16. The summed E-state index contributed by atoms with van der Waals surface area (Å²) in [6.45, 7) is 7.11. The normalized spacial score (nSPS) is 11.3. The van der Waals surface area contributed by atoms with E-state index in [2.05, 4.69) is 0 Å². The summed E-state index contributed by atoms with van der Waals surface area (Å²) in [5, 5.41) is 9.43. The van der Waals surface area contributed by atoms with Crippen molar-refractivity contribution in [3.8, 4) is 11.5 Å². The molecule has 0 saturated carbocycles. The van der Waals surface area contributed by atoms with Crippen LogP contribution in [0.4, 0.5) is 5.69 Å². The number of benzene rings is 2. The average molecular weight is 531 g/mol. The number of carboxylic acids is 1. The Balaban J connectivity index is 1.57. The predicted molar refractivity (Wildman–Crippen MR) is 145 cm³/mol. The van der Waals surface area contributed by atoms with Crippen LogP contribution in [0.5, 0.6) is 11.5 Å². The first-order valence-electron chi connectivity index (χ1n) is 12.3. The maximum atomic E-state index is 13.5. The first-order chi connectivity index (χ1) is 18.4. The number of rotatable bonds is 9. The van der Waals surface area contributed by atoms with Crippen LogP contribution in [0.1, 0.15) is 58.3 Å². The number of carbonyl (C=O) groups is 3. The molecule has 0 aliphatic carbocycles. The van der Waals surface area contributed by atoms with E-state index >= 15 is 0 Å². The first-order valence-corrected chi connectivity index (χ1v) is 12.3. The van der Waals surface area contributed by atoms with E-state index < -0.39 is 17.5 Å². The molecule has 2 aromatic carbocycles. The SMILES string of the molecule is Cc1c(OCc2cccc(OCC(=O)OC(C)(C)C)c2)c2ccccn2c1C(=O)c1ccc(N)c(C(=O)O)c1. The standard InChI is InChI=1S/C30H30N2O7/c1-18-26(27(34)20-11-12-23(31)22(15-20)29(35)36)32-13-6-5-10-24(32)28(18)38-16-19-8-7-9-21(14-19)37-17-25(33)39-30(2,3)4/h5-15H,16-17,31H2,1-4H3,(H,35,36). The Morgan fingerprint density at radius 3 is 2.46 bits per heavy atom. The third-order valence-corrected chi connectivity index (χ3v) is 5.85. The molecule has 3 N–H and O–H groups in total. The number of esters is 1. The van der Waals surface area contributed by atoms with Crippen molar-refractivity contribution in [1.29, 1.82) is 0 Å². The number of nitrogens with two attached hydrogens (primary N) is 1. The summed E-state index contributed by atoms with van der Waals surface area (Å²) in [6, 6.07) is 16.8. The van der Waals surface area contributed by atoms with Crippen molar-refractivity contribution in [3.05, 3.63) is 94.8 Å². The van der Waals surface area contributed by atoms with E-state index in [1.54, 1.807) is 62.6 Å². The summed E-state index contributed by atoms with van der Waals surface area (Å²) in [6.07, 6.45) is 1.75. The molecule has 0 bridgehead atoms. The lowest BCUT2D eigenvalue weighted by Gasteiger charge is -2.19. The van der Waals surface area contributed by atoms with Gasteiger partial charge in [0.15, 0.2) is 6.61 Å². The lowest BCUT2D eigenvalue weighted by atomic mass is 10.0. The van der Waals surface area contributed by atoms with Crippen LogP contribution in [-0.4, -0.2) is 39.4 Å². The molecule has 0 fully saturated rings. The number of pyridine rings is 1. The van der Waals surface area contributed by atoms with Crippen molar-refractivity contribution in [2.45, 2.75) is 39.9 Å². The molecule has 4 rings (SSSR count). The quantitative estimate of drug-likeness (QED) is 0.175. The van der Waals surface area contributed by atoms with Gasteiger partial charge in [0, 0.05) is 23.0 Å². The Kier molecular flexibility index (Phi) is 7.62. The van der Waals surface area contributed by atoms with E-state index in [1.807, 2.05) is 18.2 Å². The molecule has 2 aromatic heterocycles. The van der Waals surface area contributed by atoms with Crippen molar-refractivity contribution >= 4 is 28.9 Å². The molecule has 4 aromatic rings. The van der Waals surface area contributed by atoms with Crippen molar-refractivity contribution in [2.24, 2.45) is 0 Å². The summed E-state index contributed by atoms with van der Waals surface area (Å²) in [7, 11) is 0. The third kappa shape index (κ3) is 6.20. The zero-order valence-electron chi connectivity index (χ0n) is 22.2.